The molecule has 2 heterocycles. The number of hydrogen-bond acceptors (Lipinski definition) is 2. The highest BCUT2D eigenvalue weighted by atomic mass is 16.2. The Morgan fingerprint density at radius 2 is 2.06 bits per heavy atom. The predicted molar refractivity (Wildman–Crippen MR) is 65.2 cm³/mol. The Labute approximate surface area is 98.8 Å². The molecule has 0 aromatic rings. The van der Waals surface area contributed by atoms with E-state index in [0.717, 1.165) is 26.1 Å². The first kappa shape index (κ1) is 11.9. The SMILES string of the molecule is CC(C)[C@@]1(C)CCN(C2CCN(C)C2=O)C1. The monoisotopic (exact) mass is 224 g/mol. The molecule has 3 heteroatoms. The fourth-order valence-electron chi connectivity index (χ4n) is 2.90. The van der Waals surface area contributed by atoms with E-state index in [9.17, 15) is 4.79 Å². The smallest absolute Gasteiger partial charge is 0.239 e. The lowest BCUT2D eigenvalue weighted by Gasteiger charge is -2.30. The maximum Gasteiger partial charge on any atom is 0.239 e. The molecule has 0 aromatic heterocycles. The molecule has 16 heavy (non-hydrogen) atoms. The molecule has 0 spiro atoms. The second-order valence-electron chi connectivity index (χ2n) is 6.09. The highest BCUT2D eigenvalue weighted by molar-refractivity contribution is 5.83. The molecule has 2 aliphatic rings. The molecule has 1 amide bonds. The van der Waals surface area contributed by atoms with Crippen LogP contribution in [-0.4, -0.2) is 48.4 Å². The summed E-state index contributed by atoms with van der Waals surface area (Å²) >= 11 is 0. The highest BCUT2D eigenvalue weighted by Gasteiger charge is 2.43. The van der Waals surface area contributed by atoms with Crippen molar-refractivity contribution >= 4 is 5.91 Å². The van der Waals surface area contributed by atoms with Gasteiger partial charge >= 0.3 is 0 Å². The maximum atomic E-state index is 12.0. The third-order valence-electron chi connectivity index (χ3n) is 4.77. The highest BCUT2D eigenvalue weighted by Crippen LogP contribution is 2.38. The number of likely N-dealkylation sites (tertiary alicyclic amines) is 2. The Balaban J connectivity index is 2.02. The molecule has 0 radical (unpaired) electrons. The zero-order valence-corrected chi connectivity index (χ0v) is 11.0. The van der Waals surface area contributed by atoms with Gasteiger partial charge in [0.15, 0.2) is 0 Å². The average molecular weight is 224 g/mol. The van der Waals surface area contributed by atoms with E-state index < -0.39 is 0 Å². The summed E-state index contributed by atoms with van der Waals surface area (Å²) in [5, 5.41) is 0. The topological polar surface area (TPSA) is 23.6 Å². The fraction of sp³-hybridized carbons (Fsp3) is 0.923. The van der Waals surface area contributed by atoms with Crippen molar-refractivity contribution in [1.29, 1.82) is 0 Å². The lowest BCUT2D eigenvalue weighted by Crippen LogP contribution is -2.41. The Kier molecular flexibility index (Phi) is 2.99. The molecule has 2 saturated heterocycles. The van der Waals surface area contributed by atoms with Crippen molar-refractivity contribution in [1.82, 2.24) is 9.80 Å². The van der Waals surface area contributed by atoms with Gasteiger partial charge in [0.2, 0.25) is 5.91 Å². The Bertz CT molecular complexity index is 290. The second-order valence-corrected chi connectivity index (χ2v) is 6.09. The molecule has 2 aliphatic heterocycles. The first-order valence-corrected chi connectivity index (χ1v) is 6.43. The van der Waals surface area contributed by atoms with Gasteiger partial charge in [0.05, 0.1) is 6.04 Å². The number of hydrogen-bond donors (Lipinski definition) is 0. The minimum atomic E-state index is 0.172. The van der Waals surface area contributed by atoms with E-state index in [4.69, 9.17) is 0 Å². The molecule has 2 fully saturated rings. The van der Waals surface area contributed by atoms with Crippen LogP contribution in [0.15, 0.2) is 0 Å². The molecule has 2 atom stereocenters. The molecule has 0 saturated carbocycles. The summed E-state index contributed by atoms with van der Waals surface area (Å²) in [6.07, 6.45) is 2.25. The number of rotatable bonds is 2. The van der Waals surface area contributed by atoms with Gasteiger partial charge in [-0.3, -0.25) is 9.69 Å². The van der Waals surface area contributed by atoms with Crippen LogP contribution in [0, 0.1) is 11.3 Å². The van der Waals surface area contributed by atoms with Gasteiger partial charge in [-0.05, 0) is 30.7 Å². The largest absolute Gasteiger partial charge is 0.344 e. The minimum Gasteiger partial charge on any atom is -0.344 e. The fourth-order valence-corrected chi connectivity index (χ4v) is 2.90. The molecule has 0 aromatic carbocycles. The van der Waals surface area contributed by atoms with Crippen LogP contribution < -0.4 is 0 Å². The van der Waals surface area contributed by atoms with Gasteiger partial charge in [0, 0.05) is 20.1 Å². The van der Waals surface area contributed by atoms with Crippen LogP contribution in [0.4, 0.5) is 0 Å². The average Bonchev–Trinajstić information content (AvgIpc) is 2.74. The first-order chi connectivity index (χ1) is 7.44. The molecular formula is C13H24N2O. The van der Waals surface area contributed by atoms with E-state index in [1.54, 1.807) is 0 Å². The standard InChI is InChI=1S/C13H24N2O/c1-10(2)13(3)6-8-15(9-13)11-5-7-14(4)12(11)16/h10-11H,5-9H2,1-4H3/t11?,13-/m0/s1. The third-order valence-corrected chi connectivity index (χ3v) is 4.77. The van der Waals surface area contributed by atoms with Gasteiger partial charge < -0.3 is 4.90 Å². The van der Waals surface area contributed by atoms with Gasteiger partial charge in [0.1, 0.15) is 0 Å². The van der Waals surface area contributed by atoms with E-state index in [-0.39, 0.29) is 6.04 Å². The summed E-state index contributed by atoms with van der Waals surface area (Å²) in [5.74, 6) is 1.03. The van der Waals surface area contributed by atoms with Crippen molar-refractivity contribution in [3.8, 4) is 0 Å². The van der Waals surface area contributed by atoms with Crippen molar-refractivity contribution in [3.05, 3.63) is 0 Å². The van der Waals surface area contributed by atoms with Crippen molar-refractivity contribution in [2.45, 2.75) is 39.7 Å². The summed E-state index contributed by atoms with van der Waals surface area (Å²) in [6.45, 7) is 10.1. The van der Waals surface area contributed by atoms with Crippen LogP contribution in [-0.2, 0) is 4.79 Å². The number of nitrogens with zero attached hydrogens (tertiary/aromatic N) is 2. The summed E-state index contributed by atoms with van der Waals surface area (Å²) < 4.78 is 0. The van der Waals surface area contributed by atoms with Crippen molar-refractivity contribution in [3.63, 3.8) is 0 Å². The third kappa shape index (κ3) is 1.86. The molecule has 0 bridgehead atoms. The zero-order valence-electron chi connectivity index (χ0n) is 11.0. The van der Waals surface area contributed by atoms with Crippen LogP contribution in [0.1, 0.15) is 33.6 Å². The van der Waals surface area contributed by atoms with Crippen molar-refractivity contribution in [2.75, 3.05) is 26.7 Å². The van der Waals surface area contributed by atoms with Gasteiger partial charge in [0.25, 0.3) is 0 Å². The summed E-state index contributed by atoms with van der Waals surface area (Å²) in [7, 11) is 1.92. The maximum absolute atomic E-state index is 12.0. The lowest BCUT2D eigenvalue weighted by atomic mass is 9.78. The van der Waals surface area contributed by atoms with Crippen LogP contribution in [0.5, 0.6) is 0 Å². The molecular weight excluding hydrogens is 200 g/mol. The number of amides is 1. The van der Waals surface area contributed by atoms with Crippen molar-refractivity contribution in [2.24, 2.45) is 11.3 Å². The van der Waals surface area contributed by atoms with E-state index in [0.29, 0.717) is 17.2 Å². The normalized spacial score (nSPS) is 36.7. The van der Waals surface area contributed by atoms with Crippen LogP contribution in [0.3, 0.4) is 0 Å². The van der Waals surface area contributed by atoms with Crippen molar-refractivity contribution < 1.29 is 4.79 Å². The number of carbonyl (C=O) groups is 1. The van der Waals surface area contributed by atoms with E-state index in [2.05, 4.69) is 25.7 Å². The van der Waals surface area contributed by atoms with E-state index in [1.807, 2.05) is 11.9 Å². The Morgan fingerprint density at radius 3 is 2.50 bits per heavy atom. The summed E-state index contributed by atoms with van der Waals surface area (Å²) in [6, 6.07) is 0.172. The predicted octanol–water partition coefficient (Wildman–Crippen LogP) is 1.59. The molecule has 3 nitrogen and oxygen atoms in total. The second kappa shape index (κ2) is 4.02. The van der Waals surface area contributed by atoms with Gasteiger partial charge in [-0.15, -0.1) is 0 Å². The van der Waals surface area contributed by atoms with Crippen LogP contribution >= 0.6 is 0 Å². The minimum absolute atomic E-state index is 0.172. The summed E-state index contributed by atoms with van der Waals surface area (Å²) in [4.78, 5) is 16.2. The molecule has 92 valence electrons. The molecule has 1 unspecified atom stereocenters. The first-order valence-electron chi connectivity index (χ1n) is 6.43. The lowest BCUT2D eigenvalue weighted by molar-refractivity contribution is -0.130. The van der Waals surface area contributed by atoms with Crippen LogP contribution in [0.2, 0.25) is 0 Å². The number of carbonyl (C=O) groups excluding carboxylic acids is 1. The zero-order chi connectivity index (χ0) is 11.9. The quantitative estimate of drug-likeness (QED) is 0.711. The van der Waals surface area contributed by atoms with E-state index in [1.165, 1.54) is 6.42 Å². The Morgan fingerprint density at radius 1 is 1.38 bits per heavy atom. The summed E-state index contributed by atoms with van der Waals surface area (Å²) in [5.41, 5.74) is 0.404. The molecule has 0 aliphatic carbocycles. The van der Waals surface area contributed by atoms with E-state index >= 15 is 0 Å². The van der Waals surface area contributed by atoms with Gasteiger partial charge in [-0.1, -0.05) is 20.8 Å². The molecule has 0 N–H and O–H groups in total. The van der Waals surface area contributed by atoms with Gasteiger partial charge in [-0.2, -0.15) is 0 Å². The number of likely N-dealkylation sites (N-methyl/N-ethyl adjacent to an activating group) is 1. The van der Waals surface area contributed by atoms with Gasteiger partial charge in [-0.25, -0.2) is 0 Å². The molecule has 2 rings (SSSR count). The Hall–Kier alpha value is -0.570. The van der Waals surface area contributed by atoms with Crippen LogP contribution in [0.25, 0.3) is 0 Å².